The summed E-state index contributed by atoms with van der Waals surface area (Å²) in [4.78, 5) is 28.2. The summed E-state index contributed by atoms with van der Waals surface area (Å²) in [5, 5.41) is 7.96. The van der Waals surface area contributed by atoms with Crippen LogP contribution in [-0.2, 0) is 9.59 Å². The number of hydrogen-bond acceptors (Lipinski definition) is 6. The fourth-order valence-corrected chi connectivity index (χ4v) is 3.49. The molecular formula is C19H23N3O4S. The fourth-order valence-electron chi connectivity index (χ4n) is 2.76. The Kier molecular flexibility index (Phi) is 5.95. The lowest BCUT2D eigenvalue weighted by molar-refractivity contribution is -0.122. The van der Waals surface area contributed by atoms with E-state index in [0.29, 0.717) is 29.1 Å². The molecule has 1 saturated carbocycles. The number of carbonyl (C=O) groups is 2. The van der Waals surface area contributed by atoms with Crippen molar-refractivity contribution in [2.24, 2.45) is 11.8 Å². The Morgan fingerprint density at radius 2 is 2.00 bits per heavy atom. The smallest absolute Gasteiger partial charge is 0.227 e. The molecule has 0 radical (unpaired) electrons. The molecule has 0 bridgehead atoms. The number of methoxy groups -OCH3 is 2. The number of amides is 2. The van der Waals surface area contributed by atoms with Gasteiger partial charge in [0.1, 0.15) is 0 Å². The predicted molar refractivity (Wildman–Crippen MR) is 104 cm³/mol. The topological polar surface area (TPSA) is 89.6 Å². The molecule has 0 unspecified atom stereocenters. The number of carbonyl (C=O) groups excluding carboxylic acids is 2. The van der Waals surface area contributed by atoms with Gasteiger partial charge < -0.3 is 20.1 Å². The van der Waals surface area contributed by atoms with Crippen LogP contribution < -0.4 is 20.1 Å². The molecule has 7 nitrogen and oxygen atoms in total. The molecule has 1 heterocycles. The average Bonchev–Trinajstić information content (AvgIpc) is 3.22. The molecule has 0 aliphatic heterocycles. The minimum Gasteiger partial charge on any atom is -0.493 e. The van der Waals surface area contributed by atoms with Gasteiger partial charge in [0, 0.05) is 29.8 Å². The van der Waals surface area contributed by atoms with Crippen molar-refractivity contribution in [1.29, 1.82) is 0 Å². The number of ether oxygens (including phenoxy) is 2. The van der Waals surface area contributed by atoms with Crippen LogP contribution in [0.1, 0.15) is 19.8 Å². The third-order valence-electron chi connectivity index (χ3n) is 4.53. The van der Waals surface area contributed by atoms with Crippen LogP contribution in [0.15, 0.2) is 23.6 Å². The molecule has 3 rings (SSSR count). The molecule has 0 spiro atoms. The summed E-state index contributed by atoms with van der Waals surface area (Å²) in [5.41, 5.74) is 1.61. The Hall–Kier alpha value is -2.61. The molecule has 2 atom stereocenters. The van der Waals surface area contributed by atoms with Crippen LogP contribution in [0.2, 0.25) is 0 Å². The zero-order valence-corrected chi connectivity index (χ0v) is 16.4. The van der Waals surface area contributed by atoms with Crippen LogP contribution in [0.3, 0.4) is 0 Å². The second-order valence-electron chi connectivity index (χ2n) is 6.52. The van der Waals surface area contributed by atoms with Crippen molar-refractivity contribution in [3.63, 3.8) is 0 Å². The molecule has 144 valence electrons. The molecule has 2 N–H and O–H groups in total. The zero-order valence-electron chi connectivity index (χ0n) is 15.6. The van der Waals surface area contributed by atoms with Crippen molar-refractivity contribution in [2.75, 3.05) is 26.1 Å². The van der Waals surface area contributed by atoms with Gasteiger partial charge in [-0.3, -0.25) is 9.59 Å². The van der Waals surface area contributed by atoms with E-state index < -0.39 is 0 Å². The normalized spacial score (nSPS) is 17.9. The van der Waals surface area contributed by atoms with Crippen molar-refractivity contribution < 1.29 is 19.1 Å². The summed E-state index contributed by atoms with van der Waals surface area (Å²) in [6, 6.07) is 5.54. The Morgan fingerprint density at radius 3 is 2.67 bits per heavy atom. The number of benzene rings is 1. The van der Waals surface area contributed by atoms with E-state index >= 15 is 0 Å². The quantitative estimate of drug-likeness (QED) is 0.725. The van der Waals surface area contributed by atoms with Gasteiger partial charge in [0.25, 0.3) is 0 Å². The van der Waals surface area contributed by atoms with Crippen molar-refractivity contribution in [3.05, 3.63) is 23.6 Å². The largest absolute Gasteiger partial charge is 0.493 e. The number of nitrogens with zero attached hydrogens (tertiary/aromatic N) is 1. The van der Waals surface area contributed by atoms with E-state index in [9.17, 15) is 9.59 Å². The van der Waals surface area contributed by atoms with E-state index in [4.69, 9.17) is 9.47 Å². The molecule has 27 heavy (non-hydrogen) atoms. The van der Waals surface area contributed by atoms with Gasteiger partial charge in [-0.05, 0) is 30.5 Å². The fraction of sp³-hybridized carbons (Fsp3) is 0.421. The lowest BCUT2D eigenvalue weighted by Crippen LogP contribution is -2.29. The third kappa shape index (κ3) is 4.77. The molecule has 1 fully saturated rings. The average molecular weight is 389 g/mol. The third-order valence-corrected chi connectivity index (χ3v) is 5.29. The van der Waals surface area contributed by atoms with Crippen molar-refractivity contribution in [2.45, 2.75) is 19.8 Å². The highest BCUT2D eigenvalue weighted by Gasteiger charge is 2.38. The van der Waals surface area contributed by atoms with Gasteiger partial charge in [-0.15, -0.1) is 11.3 Å². The minimum atomic E-state index is -0.174. The molecule has 1 aliphatic rings. The number of thiazole rings is 1. The number of anilines is 1. The van der Waals surface area contributed by atoms with Crippen LogP contribution >= 0.6 is 11.3 Å². The Morgan fingerprint density at radius 1 is 1.26 bits per heavy atom. The lowest BCUT2D eigenvalue weighted by atomic mass is 10.1. The molecule has 1 aliphatic carbocycles. The highest BCUT2D eigenvalue weighted by molar-refractivity contribution is 7.14. The highest BCUT2D eigenvalue weighted by atomic mass is 32.1. The number of hydrogen-bond donors (Lipinski definition) is 2. The van der Waals surface area contributed by atoms with Crippen LogP contribution in [0, 0.1) is 11.8 Å². The monoisotopic (exact) mass is 389 g/mol. The Balaban J connectivity index is 1.53. The summed E-state index contributed by atoms with van der Waals surface area (Å²) >= 11 is 1.35. The molecule has 0 saturated heterocycles. The standard InChI is InChI=1S/C19H23N3O4S/c1-11-8-13(11)18(24)20-7-6-17(23)22-19-21-14(10-27-19)12-4-5-15(25-2)16(9-12)26-3/h4-5,9-11,13H,6-8H2,1-3H3,(H,20,24)(H,21,22,23)/t11-,13+/m0/s1. The Labute approximate surface area is 162 Å². The maximum atomic E-state index is 12.0. The Bertz CT molecular complexity index is 836. The van der Waals surface area contributed by atoms with E-state index in [1.54, 1.807) is 14.2 Å². The second-order valence-corrected chi connectivity index (χ2v) is 7.37. The lowest BCUT2D eigenvalue weighted by Gasteiger charge is -2.08. The molecule has 1 aromatic heterocycles. The van der Waals surface area contributed by atoms with Gasteiger partial charge in [-0.25, -0.2) is 4.98 Å². The first kappa shape index (κ1) is 19.2. The summed E-state index contributed by atoms with van der Waals surface area (Å²) in [6.45, 7) is 2.39. The first-order chi connectivity index (χ1) is 13.0. The zero-order chi connectivity index (χ0) is 19.4. The van der Waals surface area contributed by atoms with E-state index in [0.717, 1.165) is 17.7 Å². The maximum absolute atomic E-state index is 12.0. The van der Waals surface area contributed by atoms with Gasteiger partial charge in [-0.1, -0.05) is 6.92 Å². The molecule has 1 aromatic carbocycles. The number of aromatic nitrogens is 1. The van der Waals surface area contributed by atoms with Gasteiger partial charge in [-0.2, -0.15) is 0 Å². The molecule has 8 heteroatoms. The minimum absolute atomic E-state index is 0.0419. The second kappa shape index (κ2) is 8.39. The SMILES string of the molecule is COc1ccc(-c2csc(NC(=O)CCNC(=O)[C@@H]3C[C@@H]3C)n2)cc1OC. The summed E-state index contributed by atoms with van der Waals surface area (Å²) < 4.78 is 10.5. The van der Waals surface area contributed by atoms with Gasteiger partial charge in [0.15, 0.2) is 16.6 Å². The molecular weight excluding hydrogens is 366 g/mol. The van der Waals surface area contributed by atoms with E-state index in [1.807, 2.05) is 23.6 Å². The number of nitrogens with one attached hydrogen (secondary N) is 2. The van der Waals surface area contributed by atoms with E-state index in [-0.39, 0.29) is 24.2 Å². The van der Waals surface area contributed by atoms with Gasteiger partial charge in [0.2, 0.25) is 11.8 Å². The molecule has 2 aromatic rings. The molecule has 2 amide bonds. The predicted octanol–water partition coefficient (Wildman–Crippen LogP) is 2.93. The summed E-state index contributed by atoms with van der Waals surface area (Å²) in [6.07, 6.45) is 1.16. The van der Waals surface area contributed by atoms with E-state index in [1.165, 1.54) is 11.3 Å². The first-order valence-corrected chi connectivity index (χ1v) is 9.65. The van der Waals surface area contributed by atoms with Crippen molar-refractivity contribution in [1.82, 2.24) is 10.3 Å². The van der Waals surface area contributed by atoms with E-state index in [2.05, 4.69) is 22.5 Å². The maximum Gasteiger partial charge on any atom is 0.227 e. The highest BCUT2D eigenvalue weighted by Crippen LogP contribution is 2.37. The van der Waals surface area contributed by atoms with Crippen LogP contribution in [-0.4, -0.2) is 37.6 Å². The van der Waals surface area contributed by atoms with Crippen molar-refractivity contribution in [3.8, 4) is 22.8 Å². The van der Waals surface area contributed by atoms with Crippen LogP contribution in [0.5, 0.6) is 11.5 Å². The van der Waals surface area contributed by atoms with Crippen LogP contribution in [0.4, 0.5) is 5.13 Å². The van der Waals surface area contributed by atoms with Crippen molar-refractivity contribution >= 4 is 28.3 Å². The first-order valence-electron chi connectivity index (χ1n) is 8.77. The van der Waals surface area contributed by atoms with Gasteiger partial charge >= 0.3 is 0 Å². The summed E-state index contributed by atoms with van der Waals surface area (Å²) in [5.74, 6) is 1.72. The van der Waals surface area contributed by atoms with Gasteiger partial charge in [0.05, 0.1) is 19.9 Å². The van der Waals surface area contributed by atoms with Crippen LogP contribution in [0.25, 0.3) is 11.3 Å². The summed E-state index contributed by atoms with van der Waals surface area (Å²) in [7, 11) is 3.17. The number of rotatable bonds is 8.